The standard InChI is InChI=1S/C17H26N4O.3ClH/c1-13-11-21(12-14-5-2-3-8-18-14)10-7-15(13)20-17(22)16-6-4-9-19-16;;;/h2-3,5,8,13,15-16,19H,4,6-7,9-12H2,1H3,(H,20,22);3*1H. The molecule has 5 nitrogen and oxygen atoms in total. The third-order valence-corrected chi connectivity index (χ3v) is 4.81. The molecule has 2 saturated heterocycles. The van der Waals surface area contributed by atoms with Crippen LogP contribution in [0, 0.1) is 5.92 Å². The first-order valence-corrected chi connectivity index (χ1v) is 8.38. The monoisotopic (exact) mass is 410 g/mol. The third kappa shape index (κ3) is 6.91. The van der Waals surface area contributed by atoms with E-state index in [0.29, 0.717) is 12.0 Å². The summed E-state index contributed by atoms with van der Waals surface area (Å²) in [6, 6.07) is 6.39. The summed E-state index contributed by atoms with van der Waals surface area (Å²) in [5.74, 6) is 0.662. The van der Waals surface area contributed by atoms with Crippen LogP contribution in [0.1, 0.15) is 31.9 Å². The number of likely N-dealkylation sites (tertiary alicyclic amines) is 1. The molecular weight excluding hydrogens is 383 g/mol. The number of carbonyl (C=O) groups is 1. The van der Waals surface area contributed by atoms with Crippen LogP contribution in [-0.4, -0.2) is 47.5 Å². The third-order valence-electron chi connectivity index (χ3n) is 4.81. The van der Waals surface area contributed by atoms with E-state index in [4.69, 9.17) is 0 Å². The average Bonchev–Trinajstić information content (AvgIpc) is 3.05. The minimum Gasteiger partial charge on any atom is -0.352 e. The zero-order valence-electron chi connectivity index (χ0n) is 14.5. The van der Waals surface area contributed by atoms with Crippen molar-refractivity contribution in [2.24, 2.45) is 5.92 Å². The van der Waals surface area contributed by atoms with E-state index < -0.39 is 0 Å². The Kier molecular flexibility index (Phi) is 11.6. The highest BCUT2D eigenvalue weighted by Gasteiger charge is 2.30. The number of piperidine rings is 1. The van der Waals surface area contributed by atoms with Crippen LogP contribution >= 0.6 is 37.2 Å². The van der Waals surface area contributed by atoms with E-state index in [0.717, 1.165) is 51.1 Å². The summed E-state index contributed by atoms with van der Waals surface area (Å²) in [6.07, 6.45) is 4.95. The highest BCUT2D eigenvalue weighted by Crippen LogP contribution is 2.19. The van der Waals surface area contributed by atoms with Crippen molar-refractivity contribution in [2.45, 2.75) is 44.8 Å². The van der Waals surface area contributed by atoms with Crippen LogP contribution in [0.25, 0.3) is 0 Å². The van der Waals surface area contributed by atoms with E-state index in [2.05, 4.69) is 33.5 Å². The van der Waals surface area contributed by atoms with Gasteiger partial charge in [-0.3, -0.25) is 14.7 Å². The van der Waals surface area contributed by atoms with Crippen LogP contribution in [0.15, 0.2) is 24.4 Å². The zero-order chi connectivity index (χ0) is 15.4. The molecule has 0 saturated carbocycles. The Bertz CT molecular complexity index is 500. The summed E-state index contributed by atoms with van der Waals surface area (Å²) >= 11 is 0. The van der Waals surface area contributed by atoms with E-state index in [1.807, 2.05) is 18.3 Å². The summed E-state index contributed by atoms with van der Waals surface area (Å²) in [4.78, 5) is 19.1. The molecule has 2 aliphatic heterocycles. The Morgan fingerprint density at radius 1 is 1.32 bits per heavy atom. The van der Waals surface area contributed by atoms with Gasteiger partial charge in [0, 0.05) is 31.9 Å². The van der Waals surface area contributed by atoms with Crippen LogP contribution in [0.3, 0.4) is 0 Å². The van der Waals surface area contributed by atoms with E-state index in [9.17, 15) is 4.79 Å². The van der Waals surface area contributed by atoms with Crippen molar-refractivity contribution in [3.63, 3.8) is 0 Å². The number of rotatable bonds is 4. The Labute approximate surface area is 168 Å². The van der Waals surface area contributed by atoms with Gasteiger partial charge in [-0.05, 0) is 43.9 Å². The van der Waals surface area contributed by atoms with Crippen molar-refractivity contribution in [3.05, 3.63) is 30.1 Å². The number of amides is 1. The smallest absolute Gasteiger partial charge is 0.237 e. The fourth-order valence-electron chi connectivity index (χ4n) is 3.50. The number of nitrogens with one attached hydrogen (secondary N) is 2. The summed E-state index contributed by atoms with van der Waals surface area (Å²) in [6.45, 7) is 6.13. The molecule has 2 N–H and O–H groups in total. The molecule has 1 aromatic heterocycles. The topological polar surface area (TPSA) is 57.3 Å². The van der Waals surface area contributed by atoms with E-state index in [1.54, 1.807) is 0 Å². The highest BCUT2D eigenvalue weighted by molar-refractivity contribution is 5.86. The van der Waals surface area contributed by atoms with Gasteiger partial charge in [0.1, 0.15) is 0 Å². The minimum absolute atomic E-state index is 0. The molecule has 2 aliphatic rings. The molecule has 0 spiro atoms. The SMILES string of the molecule is CC1CN(Cc2ccccn2)CCC1NC(=O)C1CCCN1.Cl.Cl.Cl. The second-order valence-electron chi connectivity index (χ2n) is 6.59. The molecule has 25 heavy (non-hydrogen) atoms. The fourth-order valence-corrected chi connectivity index (χ4v) is 3.50. The second kappa shape index (κ2) is 11.9. The lowest BCUT2D eigenvalue weighted by Gasteiger charge is -2.37. The number of hydrogen-bond donors (Lipinski definition) is 2. The van der Waals surface area contributed by atoms with Crippen LogP contribution in [0.2, 0.25) is 0 Å². The van der Waals surface area contributed by atoms with E-state index >= 15 is 0 Å². The average molecular weight is 412 g/mol. The van der Waals surface area contributed by atoms with Crippen molar-refractivity contribution < 1.29 is 4.79 Å². The molecule has 3 unspecified atom stereocenters. The molecule has 3 atom stereocenters. The van der Waals surface area contributed by atoms with Gasteiger partial charge in [-0.2, -0.15) is 0 Å². The Morgan fingerprint density at radius 3 is 2.72 bits per heavy atom. The van der Waals surface area contributed by atoms with Crippen molar-refractivity contribution in [1.29, 1.82) is 0 Å². The predicted molar refractivity (Wildman–Crippen MR) is 108 cm³/mol. The molecule has 0 aromatic carbocycles. The van der Waals surface area contributed by atoms with Gasteiger partial charge in [0.05, 0.1) is 11.7 Å². The molecular formula is C17H29Cl3N4O. The normalized spacial score (nSPS) is 25.9. The zero-order valence-corrected chi connectivity index (χ0v) is 17.0. The number of pyridine rings is 1. The Balaban J connectivity index is 0.00000192. The van der Waals surface area contributed by atoms with Gasteiger partial charge in [0.25, 0.3) is 0 Å². The number of carbonyl (C=O) groups excluding carboxylic acids is 1. The molecule has 0 aliphatic carbocycles. The highest BCUT2D eigenvalue weighted by atomic mass is 35.5. The summed E-state index contributed by atoms with van der Waals surface area (Å²) in [5.41, 5.74) is 1.12. The van der Waals surface area contributed by atoms with Crippen molar-refractivity contribution in [2.75, 3.05) is 19.6 Å². The Hall–Kier alpha value is -0.590. The molecule has 3 rings (SSSR count). The maximum atomic E-state index is 12.2. The maximum Gasteiger partial charge on any atom is 0.237 e. The molecule has 1 aromatic rings. The first-order valence-electron chi connectivity index (χ1n) is 8.38. The first-order chi connectivity index (χ1) is 10.7. The van der Waals surface area contributed by atoms with Crippen molar-refractivity contribution >= 4 is 43.1 Å². The van der Waals surface area contributed by atoms with Gasteiger partial charge in [-0.25, -0.2) is 0 Å². The van der Waals surface area contributed by atoms with Gasteiger partial charge in [0.2, 0.25) is 5.91 Å². The molecule has 8 heteroatoms. The van der Waals surface area contributed by atoms with Crippen LogP contribution in [0.5, 0.6) is 0 Å². The van der Waals surface area contributed by atoms with Crippen LogP contribution < -0.4 is 10.6 Å². The summed E-state index contributed by atoms with van der Waals surface area (Å²) in [7, 11) is 0. The van der Waals surface area contributed by atoms with E-state index in [1.165, 1.54) is 0 Å². The molecule has 0 radical (unpaired) electrons. The maximum absolute atomic E-state index is 12.2. The molecule has 2 fully saturated rings. The number of aromatic nitrogens is 1. The molecule has 1 amide bonds. The number of hydrogen-bond acceptors (Lipinski definition) is 4. The van der Waals surface area contributed by atoms with Crippen molar-refractivity contribution in [3.8, 4) is 0 Å². The van der Waals surface area contributed by atoms with Crippen LogP contribution in [-0.2, 0) is 11.3 Å². The largest absolute Gasteiger partial charge is 0.352 e. The summed E-state index contributed by atoms with van der Waals surface area (Å²) < 4.78 is 0. The van der Waals surface area contributed by atoms with Gasteiger partial charge in [-0.1, -0.05) is 13.0 Å². The number of halogens is 3. The quantitative estimate of drug-likeness (QED) is 0.799. The molecule has 3 heterocycles. The van der Waals surface area contributed by atoms with Crippen LogP contribution in [0.4, 0.5) is 0 Å². The van der Waals surface area contributed by atoms with Gasteiger partial charge >= 0.3 is 0 Å². The number of nitrogens with zero attached hydrogens (tertiary/aromatic N) is 2. The second-order valence-corrected chi connectivity index (χ2v) is 6.59. The molecule has 144 valence electrons. The van der Waals surface area contributed by atoms with E-state index in [-0.39, 0.29) is 49.2 Å². The lowest BCUT2D eigenvalue weighted by molar-refractivity contribution is -0.124. The van der Waals surface area contributed by atoms with Gasteiger partial charge in [0.15, 0.2) is 0 Å². The lowest BCUT2D eigenvalue weighted by atomic mass is 9.93. The summed E-state index contributed by atoms with van der Waals surface area (Å²) in [5, 5.41) is 6.52. The van der Waals surface area contributed by atoms with Gasteiger partial charge in [-0.15, -0.1) is 37.2 Å². The van der Waals surface area contributed by atoms with Gasteiger partial charge < -0.3 is 10.6 Å². The Morgan fingerprint density at radius 2 is 2.12 bits per heavy atom. The minimum atomic E-state index is 0. The van der Waals surface area contributed by atoms with Crippen molar-refractivity contribution in [1.82, 2.24) is 20.5 Å². The molecule has 0 bridgehead atoms. The first kappa shape index (κ1) is 24.4. The fraction of sp³-hybridized carbons (Fsp3) is 0.647. The lowest BCUT2D eigenvalue weighted by Crippen LogP contribution is -2.53. The predicted octanol–water partition coefficient (Wildman–Crippen LogP) is 2.43.